The molecule has 2 N–H and O–H groups in total. The largest absolute Gasteiger partial charge is 0.444 e. The molecule has 206 valence electrons. The molecule has 2 aliphatic heterocycles. The first-order chi connectivity index (χ1) is 16.9. The summed E-state index contributed by atoms with van der Waals surface area (Å²) >= 11 is 1.89. The van der Waals surface area contributed by atoms with E-state index < -0.39 is 14.2 Å². The van der Waals surface area contributed by atoms with E-state index in [-0.39, 0.29) is 42.2 Å². The lowest BCUT2D eigenvalue weighted by atomic mass is 10.0. The van der Waals surface area contributed by atoms with Crippen LogP contribution in [-0.4, -0.2) is 74.9 Å². The number of rotatable bonds is 15. The second kappa shape index (κ2) is 14.2. The minimum absolute atomic E-state index is 0.0589. The number of carbonyl (C=O) groups excluding carboxylic acids is 2. The van der Waals surface area contributed by atoms with Gasteiger partial charge in [-0.05, 0) is 68.2 Å². The van der Waals surface area contributed by atoms with Crippen molar-refractivity contribution < 1.29 is 18.8 Å². The molecule has 9 nitrogen and oxygen atoms in total. The zero-order valence-corrected chi connectivity index (χ0v) is 25.0. The molecule has 0 aromatic rings. The third-order valence-corrected chi connectivity index (χ3v) is 10.9. The van der Waals surface area contributed by atoms with E-state index in [2.05, 4.69) is 67.6 Å². The fourth-order valence-corrected chi connectivity index (χ4v) is 8.98. The number of ether oxygens (including phenoxy) is 1. The lowest BCUT2D eigenvalue weighted by Gasteiger charge is -2.49. The second-order valence-electron chi connectivity index (χ2n) is 10.8. The molecule has 0 bridgehead atoms. The number of amides is 2. The van der Waals surface area contributed by atoms with Crippen LogP contribution in [-0.2, 0) is 14.1 Å². The van der Waals surface area contributed by atoms with Crippen LogP contribution in [0, 0.1) is 11.3 Å². The summed E-state index contributed by atoms with van der Waals surface area (Å²) in [7, 11) is -1.27. The van der Waals surface area contributed by atoms with Crippen molar-refractivity contribution in [3.63, 3.8) is 0 Å². The topological polar surface area (TPSA) is 107 Å². The fourth-order valence-electron chi connectivity index (χ4n) is 5.06. The summed E-state index contributed by atoms with van der Waals surface area (Å²) in [5.41, 5.74) is -0.875. The molecular formula is C25H46N5O4PS. The molecule has 0 aliphatic carbocycles. The Labute approximate surface area is 223 Å². The molecule has 0 aromatic carbocycles. The third kappa shape index (κ3) is 8.46. The highest BCUT2D eigenvalue weighted by Gasteiger charge is 2.44. The Morgan fingerprint density at radius 1 is 1.17 bits per heavy atom. The van der Waals surface area contributed by atoms with E-state index >= 15 is 0 Å². The number of unbranched alkanes of at least 4 members (excludes halogenated alkanes) is 1. The molecular weight excluding hydrogens is 497 g/mol. The van der Waals surface area contributed by atoms with Gasteiger partial charge in [0, 0.05) is 35.5 Å². The molecule has 2 heterocycles. The van der Waals surface area contributed by atoms with E-state index in [1.165, 1.54) is 0 Å². The molecule has 2 amide bonds. The SMILES string of the molecule is CC(C)N(C(C)C)P(OCCC#N)N(C(C)C)C(C)(C)OC(=O)CCCC[C@@H]1SC[C@@H]2NC(=O)N[C@@H]21. The van der Waals surface area contributed by atoms with Crippen molar-refractivity contribution in [3.05, 3.63) is 0 Å². The van der Waals surface area contributed by atoms with Gasteiger partial charge in [-0.25, -0.2) is 14.1 Å². The first-order valence-electron chi connectivity index (χ1n) is 13.2. The highest BCUT2D eigenvalue weighted by atomic mass is 32.2. The maximum Gasteiger partial charge on any atom is 0.315 e. The number of thioether (sulfide) groups is 1. The van der Waals surface area contributed by atoms with Gasteiger partial charge in [0.2, 0.25) is 0 Å². The third-order valence-electron chi connectivity index (χ3n) is 6.32. The van der Waals surface area contributed by atoms with Crippen molar-refractivity contribution >= 4 is 32.2 Å². The molecule has 0 spiro atoms. The van der Waals surface area contributed by atoms with Crippen LogP contribution in [0.1, 0.15) is 87.5 Å². The molecule has 0 saturated carbocycles. The van der Waals surface area contributed by atoms with Crippen LogP contribution in [0.25, 0.3) is 0 Å². The molecule has 0 aromatic heterocycles. The van der Waals surface area contributed by atoms with Gasteiger partial charge in [0.15, 0.2) is 14.2 Å². The lowest BCUT2D eigenvalue weighted by molar-refractivity contribution is -0.171. The van der Waals surface area contributed by atoms with Gasteiger partial charge in [-0.3, -0.25) is 4.79 Å². The van der Waals surface area contributed by atoms with E-state index in [1.54, 1.807) is 0 Å². The Bertz CT molecular complexity index is 768. The smallest absolute Gasteiger partial charge is 0.315 e. The summed E-state index contributed by atoms with van der Waals surface area (Å²) in [6.07, 6.45) is 3.31. The average Bonchev–Trinajstić information content (AvgIpc) is 3.29. The number of nitriles is 1. The first-order valence-corrected chi connectivity index (χ1v) is 15.4. The number of nitrogens with zero attached hydrogens (tertiary/aromatic N) is 3. The van der Waals surface area contributed by atoms with Crippen molar-refractivity contribution in [2.45, 2.75) is 129 Å². The Hall–Kier alpha value is -1.11. The Morgan fingerprint density at radius 3 is 2.42 bits per heavy atom. The van der Waals surface area contributed by atoms with E-state index in [4.69, 9.17) is 14.5 Å². The maximum atomic E-state index is 12.9. The van der Waals surface area contributed by atoms with E-state index in [1.807, 2.05) is 25.6 Å². The minimum atomic E-state index is -1.27. The number of fused-ring (bicyclic) bond motifs is 1. The summed E-state index contributed by atoms with van der Waals surface area (Å²) in [4.78, 5) is 24.5. The van der Waals surface area contributed by atoms with Crippen LogP contribution < -0.4 is 10.6 Å². The Kier molecular flexibility index (Phi) is 12.2. The van der Waals surface area contributed by atoms with Crippen LogP contribution >= 0.6 is 20.2 Å². The van der Waals surface area contributed by atoms with Crippen LogP contribution in [0.5, 0.6) is 0 Å². The van der Waals surface area contributed by atoms with Gasteiger partial charge in [0.1, 0.15) is 0 Å². The normalized spacial score (nSPS) is 22.8. The predicted octanol–water partition coefficient (Wildman–Crippen LogP) is 4.98. The van der Waals surface area contributed by atoms with Crippen LogP contribution in [0.2, 0.25) is 0 Å². The summed E-state index contributed by atoms with van der Waals surface area (Å²) in [6.45, 7) is 16.9. The number of esters is 1. The zero-order valence-electron chi connectivity index (χ0n) is 23.2. The molecule has 2 rings (SSSR count). The van der Waals surface area contributed by atoms with Crippen molar-refractivity contribution in [2.75, 3.05) is 12.4 Å². The summed E-state index contributed by atoms with van der Waals surface area (Å²) < 4.78 is 16.9. The van der Waals surface area contributed by atoms with Crippen molar-refractivity contribution in [1.29, 1.82) is 5.26 Å². The summed E-state index contributed by atoms with van der Waals surface area (Å²) in [5.74, 6) is 0.726. The predicted molar refractivity (Wildman–Crippen MR) is 146 cm³/mol. The number of hydrogen-bond acceptors (Lipinski definition) is 8. The van der Waals surface area contributed by atoms with Crippen molar-refractivity contribution in [2.24, 2.45) is 0 Å². The maximum absolute atomic E-state index is 12.9. The number of urea groups is 1. The number of hydrogen-bond donors (Lipinski definition) is 2. The highest BCUT2D eigenvalue weighted by molar-refractivity contribution is 8.00. The van der Waals surface area contributed by atoms with Gasteiger partial charge in [-0.2, -0.15) is 17.0 Å². The quantitative estimate of drug-likeness (QED) is 0.0980. The van der Waals surface area contributed by atoms with Crippen molar-refractivity contribution in [1.82, 2.24) is 20.0 Å². The van der Waals surface area contributed by atoms with Crippen LogP contribution in [0.15, 0.2) is 0 Å². The zero-order chi connectivity index (χ0) is 27.0. The fraction of sp³-hybridized carbons (Fsp3) is 0.880. The van der Waals surface area contributed by atoms with Gasteiger partial charge in [0.25, 0.3) is 0 Å². The monoisotopic (exact) mass is 543 g/mol. The lowest BCUT2D eigenvalue weighted by Crippen LogP contribution is -2.52. The molecule has 4 atom stereocenters. The van der Waals surface area contributed by atoms with Crippen LogP contribution in [0.3, 0.4) is 0 Å². The molecule has 2 aliphatic rings. The Balaban J connectivity index is 1.98. The number of nitrogens with one attached hydrogen (secondary N) is 2. The average molecular weight is 544 g/mol. The van der Waals surface area contributed by atoms with E-state index in [0.29, 0.717) is 24.7 Å². The molecule has 2 fully saturated rings. The highest BCUT2D eigenvalue weighted by Crippen LogP contribution is 2.53. The van der Waals surface area contributed by atoms with Gasteiger partial charge < -0.3 is 19.9 Å². The van der Waals surface area contributed by atoms with E-state index in [0.717, 1.165) is 25.0 Å². The summed E-state index contributed by atoms with van der Waals surface area (Å²) in [6, 6.07) is 3.01. The standard InChI is InChI=1S/C25H46N5O4PS/c1-17(2)29(18(3)4)35(33-15-11-14-26)30(19(5)6)25(7,8)34-22(31)13-10-9-12-21-23-20(16-36-21)27-24(32)28-23/h17-21,23H,9-13,15-16H2,1-8H3,(H2,27,28,32)/t20-,21-,23-,35?/m0/s1. The minimum Gasteiger partial charge on any atom is -0.444 e. The first kappa shape index (κ1) is 31.1. The van der Waals surface area contributed by atoms with Crippen LogP contribution in [0.4, 0.5) is 4.79 Å². The van der Waals surface area contributed by atoms with Crippen molar-refractivity contribution in [3.8, 4) is 6.07 Å². The summed E-state index contributed by atoms with van der Waals surface area (Å²) in [5, 5.41) is 15.4. The molecule has 2 saturated heterocycles. The Morgan fingerprint density at radius 2 is 1.83 bits per heavy atom. The second-order valence-corrected chi connectivity index (χ2v) is 13.7. The molecule has 11 heteroatoms. The van der Waals surface area contributed by atoms with Gasteiger partial charge in [-0.1, -0.05) is 6.42 Å². The van der Waals surface area contributed by atoms with Gasteiger partial charge >= 0.3 is 12.0 Å². The molecule has 0 radical (unpaired) electrons. The molecule has 36 heavy (non-hydrogen) atoms. The molecule has 1 unspecified atom stereocenters. The van der Waals surface area contributed by atoms with E-state index in [9.17, 15) is 9.59 Å². The van der Waals surface area contributed by atoms with Gasteiger partial charge in [0.05, 0.1) is 31.2 Å². The van der Waals surface area contributed by atoms with Gasteiger partial charge in [-0.15, -0.1) is 0 Å². The number of carbonyl (C=O) groups is 2.